The molecule has 1 saturated heterocycles. The lowest BCUT2D eigenvalue weighted by molar-refractivity contribution is -0.183. The summed E-state index contributed by atoms with van der Waals surface area (Å²) < 4.78 is 15.9. The van der Waals surface area contributed by atoms with Gasteiger partial charge in [0.05, 0.1) is 19.3 Å². The topological polar surface area (TPSA) is 61.8 Å². The van der Waals surface area contributed by atoms with E-state index in [9.17, 15) is 9.59 Å². The van der Waals surface area contributed by atoms with Gasteiger partial charge in [-0.2, -0.15) is 0 Å². The van der Waals surface area contributed by atoms with Crippen LogP contribution in [0.1, 0.15) is 46.0 Å². The molecule has 1 aliphatic rings. The van der Waals surface area contributed by atoms with Crippen LogP contribution in [0.3, 0.4) is 0 Å². The van der Waals surface area contributed by atoms with E-state index < -0.39 is 23.5 Å². The standard InChI is InChI=1S/C16H24O5/c1-4-7-8-11-16(14(17)19-5-2,15(18)20-6-3)13-10-9-12-21-13/h1,13H,5-12H2,2-3H3. The van der Waals surface area contributed by atoms with E-state index in [0.717, 1.165) is 6.42 Å². The van der Waals surface area contributed by atoms with Crippen molar-refractivity contribution in [2.24, 2.45) is 5.41 Å². The minimum absolute atomic E-state index is 0.210. The summed E-state index contributed by atoms with van der Waals surface area (Å²) in [6.45, 7) is 4.39. The van der Waals surface area contributed by atoms with E-state index in [2.05, 4.69) is 5.92 Å². The number of rotatable bonds is 8. The minimum Gasteiger partial charge on any atom is -0.465 e. The molecule has 0 N–H and O–H groups in total. The van der Waals surface area contributed by atoms with Crippen molar-refractivity contribution >= 4 is 11.9 Å². The number of esters is 2. The molecule has 1 rings (SSSR count). The van der Waals surface area contributed by atoms with Crippen LogP contribution in [0.2, 0.25) is 0 Å². The zero-order chi connectivity index (χ0) is 15.7. The summed E-state index contributed by atoms with van der Waals surface area (Å²) in [4.78, 5) is 25.0. The van der Waals surface area contributed by atoms with Crippen LogP contribution >= 0.6 is 0 Å². The molecule has 0 aliphatic carbocycles. The third kappa shape index (κ3) is 3.98. The van der Waals surface area contributed by atoms with Crippen LogP contribution in [0, 0.1) is 17.8 Å². The molecule has 0 aromatic carbocycles. The molecular formula is C16H24O5. The monoisotopic (exact) mass is 296 g/mol. The molecule has 1 heterocycles. The van der Waals surface area contributed by atoms with Crippen molar-refractivity contribution in [1.29, 1.82) is 0 Å². The largest absolute Gasteiger partial charge is 0.465 e. The highest BCUT2D eigenvalue weighted by molar-refractivity contribution is 6.01. The molecule has 1 aliphatic heterocycles. The molecule has 0 amide bonds. The quantitative estimate of drug-likeness (QED) is 0.297. The Morgan fingerprint density at radius 3 is 2.33 bits per heavy atom. The number of terminal acetylenes is 1. The second-order valence-electron chi connectivity index (χ2n) is 4.97. The van der Waals surface area contributed by atoms with Crippen LogP contribution in [0.25, 0.3) is 0 Å². The average molecular weight is 296 g/mol. The first-order valence-corrected chi connectivity index (χ1v) is 7.53. The van der Waals surface area contributed by atoms with E-state index in [1.807, 2.05) is 0 Å². The molecule has 118 valence electrons. The molecule has 5 heteroatoms. The Bertz CT molecular complexity index is 372. The summed E-state index contributed by atoms with van der Waals surface area (Å²) in [6.07, 6.45) is 7.58. The first-order chi connectivity index (χ1) is 10.1. The van der Waals surface area contributed by atoms with Crippen LogP contribution in [0.5, 0.6) is 0 Å². The molecule has 5 nitrogen and oxygen atoms in total. The Morgan fingerprint density at radius 1 is 1.29 bits per heavy atom. The lowest BCUT2D eigenvalue weighted by Gasteiger charge is -2.33. The normalized spacial score (nSPS) is 18.0. The van der Waals surface area contributed by atoms with E-state index in [1.165, 1.54) is 0 Å². The third-order valence-electron chi connectivity index (χ3n) is 3.65. The van der Waals surface area contributed by atoms with Gasteiger partial charge in [0.25, 0.3) is 0 Å². The van der Waals surface area contributed by atoms with Crippen molar-refractivity contribution in [2.75, 3.05) is 19.8 Å². The molecule has 0 saturated carbocycles. The fourth-order valence-electron chi connectivity index (χ4n) is 2.67. The van der Waals surface area contributed by atoms with Gasteiger partial charge >= 0.3 is 11.9 Å². The number of hydrogen-bond acceptors (Lipinski definition) is 5. The molecular weight excluding hydrogens is 272 g/mol. The van der Waals surface area contributed by atoms with Crippen molar-refractivity contribution in [3.63, 3.8) is 0 Å². The Labute approximate surface area is 126 Å². The predicted octanol–water partition coefficient (Wildman–Crippen LogP) is 2.08. The lowest BCUT2D eigenvalue weighted by Crippen LogP contribution is -2.50. The number of ether oxygens (including phenoxy) is 3. The summed E-state index contributed by atoms with van der Waals surface area (Å²) in [5.74, 6) is 1.40. The fraction of sp³-hybridized carbons (Fsp3) is 0.750. The van der Waals surface area contributed by atoms with Crippen molar-refractivity contribution in [3.8, 4) is 12.3 Å². The number of carbonyl (C=O) groups excluding carboxylic acids is 2. The van der Waals surface area contributed by atoms with Crippen LogP contribution < -0.4 is 0 Å². The lowest BCUT2D eigenvalue weighted by atomic mass is 9.76. The van der Waals surface area contributed by atoms with Gasteiger partial charge in [-0.1, -0.05) is 0 Å². The maximum absolute atomic E-state index is 12.5. The highest BCUT2D eigenvalue weighted by atomic mass is 16.6. The highest BCUT2D eigenvalue weighted by Crippen LogP contribution is 2.39. The van der Waals surface area contributed by atoms with E-state index in [4.69, 9.17) is 20.6 Å². The summed E-state index contributed by atoms with van der Waals surface area (Å²) >= 11 is 0. The summed E-state index contributed by atoms with van der Waals surface area (Å²) in [6, 6.07) is 0. The van der Waals surface area contributed by atoms with Gasteiger partial charge < -0.3 is 14.2 Å². The maximum Gasteiger partial charge on any atom is 0.326 e. The number of unbranched alkanes of at least 4 members (excludes halogenated alkanes) is 1. The Hall–Kier alpha value is -1.54. The van der Waals surface area contributed by atoms with Gasteiger partial charge in [0, 0.05) is 13.0 Å². The third-order valence-corrected chi connectivity index (χ3v) is 3.65. The van der Waals surface area contributed by atoms with E-state index in [-0.39, 0.29) is 13.2 Å². The molecule has 0 bridgehead atoms. The summed E-state index contributed by atoms with van der Waals surface area (Å²) in [5.41, 5.74) is -1.39. The van der Waals surface area contributed by atoms with Crippen LogP contribution in [-0.4, -0.2) is 37.9 Å². The van der Waals surface area contributed by atoms with E-state index in [0.29, 0.717) is 32.3 Å². The number of hydrogen-bond donors (Lipinski definition) is 0. The molecule has 21 heavy (non-hydrogen) atoms. The predicted molar refractivity (Wildman–Crippen MR) is 77.4 cm³/mol. The van der Waals surface area contributed by atoms with Crippen molar-refractivity contribution in [3.05, 3.63) is 0 Å². The average Bonchev–Trinajstić information content (AvgIpc) is 2.98. The maximum atomic E-state index is 12.5. The van der Waals surface area contributed by atoms with Gasteiger partial charge in [-0.15, -0.1) is 12.3 Å². The molecule has 1 fully saturated rings. The SMILES string of the molecule is C#CCCCC(C(=O)OCC)(C(=O)OCC)C1CCCO1. The second kappa shape index (κ2) is 8.68. The molecule has 0 radical (unpaired) electrons. The Balaban J connectivity index is 3.08. The van der Waals surface area contributed by atoms with Crippen LogP contribution in [0.15, 0.2) is 0 Å². The van der Waals surface area contributed by atoms with Gasteiger partial charge in [-0.25, -0.2) is 0 Å². The second-order valence-corrected chi connectivity index (χ2v) is 4.97. The fourth-order valence-corrected chi connectivity index (χ4v) is 2.67. The first-order valence-electron chi connectivity index (χ1n) is 7.53. The molecule has 0 spiro atoms. The molecule has 1 atom stereocenters. The van der Waals surface area contributed by atoms with Gasteiger partial charge in [-0.3, -0.25) is 9.59 Å². The van der Waals surface area contributed by atoms with Crippen molar-refractivity contribution in [1.82, 2.24) is 0 Å². The first kappa shape index (κ1) is 17.5. The zero-order valence-corrected chi connectivity index (χ0v) is 12.9. The molecule has 0 aromatic heterocycles. The van der Waals surface area contributed by atoms with Crippen molar-refractivity contribution in [2.45, 2.75) is 52.1 Å². The number of carbonyl (C=O) groups is 2. The van der Waals surface area contributed by atoms with Gasteiger partial charge in [0.2, 0.25) is 0 Å². The van der Waals surface area contributed by atoms with Gasteiger partial charge in [0.15, 0.2) is 5.41 Å². The Kier molecular flexibility index (Phi) is 7.24. The van der Waals surface area contributed by atoms with Crippen LogP contribution in [-0.2, 0) is 23.8 Å². The van der Waals surface area contributed by atoms with E-state index in [1.54, 1.807) is 13.8 Å². The zero-order valence-electron chi connectivity index (χ0n) is 12.9. The highest BCUT2D eigenvalue weighted by Gasteiger charge is 2.56. The minimum atomic E-state index is -1.39. The van der Waals surface area contributed by atoms with E-state index >= 15 is 0 Å². The van der Waals surface area contributed by atoms with Crippen molar-refractivity contribution < 1.29 is 23.8 Å². The molecule has 1 unspecified atom stereocenters. The summed E-state index contributed by atoms with van der Waals surface area (Å²) in [7, 11) is 0. The Morgan fingerprint density at radius 2 is 1.90 bits per heavy atom. The smallest absolute Gasteiger partial charge is 0.326 e. The van der Waals surface area contributed by atoms with Crippen LogP contribution in [0.4, 0.5) is 0 Å². The van der Waals surface area contributed by atoms with Gasteiger partial charge in [0.1, 0.15) is 0 Å². The molecule has 0 aromatic rings. The summed E-state index contributed by atoms with van der Waals surface area (Å²) in [5, 5.41) is 0. The van der Waals surface area contributed by atoms with Gasteiger partial charge in [-0.05, 0) is 39.5 Å².